The maximum Gasteiger partial charge on any atom is 0.356 e. The quantitative estimate of drug-likeness (QED) is 0.800. The number of nitrogens with zero attached hydrogens (tertiary/aromatic N) is 1. The Labute approximate surface area is 125 Å². The largest absolute Gasteiger partial charge is 0.476 e. The fraction of sp³-hybridized carbons (Fsp3) is 0.333. The highest BCUT2D eigenvalue weighted by molar-refractivity contribution is 7.91. The van der Waals surface area contributed by atoms with Crippen molar-refractivity contribution in [3.63, 3.8) is 0 Å². The number of sulfonamides is 1. The number of rotatable bonds is 7. The molecule has 0 spiro atoms. The van der Waals surface area contributed by atoms with Gasteiger partial charge in [-0.05, 0) is 25.5 Å². The first-order valence-corrected chi connectivity index (χ1v) is 8.48. The molecule has 2 N–H and O–H groups in total. The molecular weight excluding hydrogens is 316 g/mol. The van der Waals surface area contributed by atoms with Crippen LogP contribution in [0.5, 0.6) is 0 Å². The van der Waals surface area contributed by atoms with Crippen molar-refractivity contribution < 1.29 is 22.7 Å². The van der Waals surface area contributed by atoms with Crippen LogP contribution in [0.2, 0.25) is 0 Å². The van der Waals surface area contributed by atoms with E-state index in [9.17, 15) is 13.2 Å². The zero-order valence-corrected chi connectivity index (χ0v) is 12.8. The van der Waals surface area contributed by atoms with Crippen LogP contribution >= 0.6 is 11.3 Å². The van der Waals surface area contributed by atoms with Gasteiger partial charge in [0, 0.05) is 12.5 Å². The Kier molecular flexibility index (Phi) is 4.76. The number of carboxylic acids is 1. The second-order valence-electron chi connectivity index (χ2n) is 4.43. The molecule has 0 aromatic carbocycles. The molecule has 21 heavy (non-hydrogen) atoms. The molecule has 0 aliphatic carbocycles. The van der Waals surface area contributed by atoms with Crippen LogP contribution in [0.25, 0.3) is 0 Å². The molecule has 0 amide bonds. The Bertz CT molecular complexity index is 706. The molecule has 0 saturated carbocycles. The highest BCUT2D eigenvalue weighted by Gasteiger charge is 2.26. The lowest BCUT2D eigenvalue weighted by molar-refractivity contribution is 0.0687. The molecule has 0 saturated heterocycles. The summed E-state index contributed by atoms with van der Waals surface area (Å²) in [6.45, 7) is 1.71. The van der Waals surface area contributed by atoms with Crippen LogP contribution in [-0.4, -0.2) is 30.5 Å². The standard InChI is InChI=1S/C12H14N2O5S2/c1-8(4-5-9-3-2-6-19-9)14-21(17,18)12-10(11(15)16)13-7-20-12/h2-3,6-8,14H,4-5H2,1H3,(H,15,16). The Balaban J connectivity index is 2.03. The molecule has 0 fully saturated rings. The van der Waals surface area contributed by atoms with Gasteiger partial charge < -0.3 is 9.52 Å². The van der Waals surface area contributed by atoms with Crippen molar-refractivity contribution in [3.05, 3.63) is 35.4 Å². The topological polar surface area (TPSA) is 110 Å². The number of aryl methyl sites for hydroxylation is 1. The second-order valence-corrected chi connectivity index (χ2v) is 7.20. The maximum atomic E-state index is 12.2. The van der Waals surface area contributed by atoms with Gasteiger partial charge in [-0.25, -0.2) is 22.9 Å². The van der Waals surface area contributed by atoms with Crippen molar-refractivity contribution >= 4 is 27.3 Å². The Morgan fingerprint density at radius 1 is 1.57 bits per heavy atom. The molecule has 114 valence electrons. The smallest absolute Gasteiger partial charge is 0.356 e. The third-order valence-electron chi connectivity index (χ3n) is 2.74. The van der Waals surface area contributed by atoms with Gasteiger partial charge in [0.1, 0.15) is 5.76 Å². The van der Waals surface area contributed by atoms with E-state index in [4.69, 9.17) is 9.52 Å². The van der Waals surface area contributed by atoms with Gasteiger partial charge in [-0.15, -0.1) is 11.3 Å². The molecule has 7 nitrogen and oxygen atoms in total. The molecule has 1 unspecified atom stereocenters. The second kappa shape index (κ2) is 6.37. The number of carboxylic acid groups (broad SMARTS) is 1. The number of carbonyl (C=O) groups is 1. The Hall–Kier alpha value is -1.71. The average Bonchev–Trinajstić information content (AvgIpc) is 3.07. The van der Waals surface area contributed by atoms with Crippen LogP contribution in [0.15, 0.2) is 32.5 Å². The summed E-state index contributed by atoms with van der Waals surface area (Å²) in [7, 11) is -3.89. The molecule has 2 aromatic heterocycles. The SMILES string of the molecule is CC(CCc1ccco1)NS(=O)(=O)c1scnc1C(=O)O. The normalized spacial score (nSPS) is 13.2. The number of aromatic nitrogens is 1. The fourth-order valence-corrected chi connectivity index (χ4v) is 4.19. The number of thiazole rings is 1. The summed E-state index contributed by atoms with van der Waals surface area (Å²) in [5, 5.41) is 8.92. The van der Waals surface area contributed by atoms with Crippen LogP contribution in [0.4, 0.5) is 0 Å². The van der Waals surface area contributed by atoms with E-state index in [1.165, 1.54) is 5.51 Å². The van der Waals surface area contributed by atoms with E-state index in [1.54, 1.807) is 19.3 Å². The first-order chi connectivity index (χ1) is 9.90. The minimum atomic E-state index is -3.89. The molecule has 1 atom stereocenters. The summed E-state index contributed by atoms with van der Waals surface area (Å²) in [5.41, 5.74) is 0.747. The van der Waals surface area contributed by atoms with Gasteiger partial charge in [0.15, 0.2) is 9.90 Å². The zero-order chi connectivity index (χ0) is 15.5. The van der Waals surface area contributed by atoms with E-state index < -0.39 is 21.7 Å². The predicted octanol–water partition coefficient (Wildman–Crippen LogP) is 1.73. The molecule has 2 rings (SSSR count). The number of hydrogen-bond donors (Lipinski definition) is 2. The van der Waals surface area contributed by atoms with Gasteiger partial charge in [-0.2, -0.15) is 0 Å². The van der Waals surface area contributed by atoms with Crippen LogP contribution < -0.4 is 4.72 Å². The molecule has 0 bridgehead atoms. The van der Waals surface area contributed by atoms with Crippen molar-refractivity contribution in [1.29, 1.82) is 0 Å². The molecule has 0 aliphatic heterocycles. The van der Waals surface area contributed by atoms with Gasteiger partial charge in [0.25, 0.3) is 10.0 Å². The first-order valence-electron chi connectivity index (χ1n) is 6.11. The third kappa shape index (κ3) is 3.90. The number of furan rings is 1. The van der Waals surface area contributed by atoms with E-state index in [1.807, 2.05) is 6.07 Å². The van der Waals surface area contributed by atoms with Gasteiger partial charge in [0.05, 0.1) is 11.8 Å². The lowest BCUT2D eigenvalue weighted by atomic mass is 10.2. The van der Waals surface area contributed by atoms with Crippen LogP contribution in [0, 0.1) is 0 Å². The summed E-state index contributed by atoms with van der Waals surface area (Å²) in [6.07, 6.45) is 2.68. The summed E-state index contributed by atoms with van der Waals surface area (Å²) in [6, 6.07) is 3.22. The summed E-state index contributed by atoms with van der Waals surface area (Å²) in [5.74, 6) is -0.593. The fourth-order valence-electron chi connectivity index (χ4n) is 1.76. The van der Waals surface area contributed by atoms with Crippen molar-refractivity contribution in [1.82, 2.24) is 9.71 Å². The Morgan fingerprint density at radius 2 is 2.33 bits per heavy atom. The summed E-state index contributed by atoms with van der Waals surface area (Å²) >= 11 is 0.782. The van der Waals surface area contributed by atoms with Crippen LogP contribution in [0.1, 0.15) is 29.6 Å². The van der Waals surface area contributed by atoms with Crippen LogP contribution in [0.3, 0.4) is 0 Å². The first kappa shape index (κ1) is 15.7. The third-order valence-corrected chi connectivity index (χ3v) is 5.70. The van der Waals surface area contributed by atoms with Gasteiger partial charge >= 0.3 is 5.97 Å². The lowest BCUT2D eigenvalue weighted by Crippen LogP contribution is -2.33. The number of nitrogens with one attached hydrogen (secondary N) is 1. The molecule has 0 aliphatic rings. The van der Waals surface area contributed by atoms with Gasteiger partial charge in [-0.1, -0.05) is 0 Å². The van der Waals surface area contributed by atoms with E-state index in [0.717, 1.165) is 17.1 Å². The van der Waals surface area contributed by atoms with Gasteiger partial charge in [-0.3, -0.25) is 0 Å². The van der Waals surface area contributed by atoms with Crippen molar-refractivity contribution in [2.45, 2.75) is 30.0 Å². The number of aromatic carboxylic acids is 1. The van der Waals surface area contributed by atoms with E-state index in [2.05, 4.69) is 9.71 Å². The average molecular weight is 330 g/mol. The molecule has 0 radical (unpaired) electrons. The minimum Gasteiger partial charge on any atom is -0.476 e. The lowest BCUT2D eigenvalue weighted by Gasteiger charge is -2.12. The molecule has 2 heterocycles. The predicted molar refractivity (Wildman–Crippen MR) is 75.9 cm³/mol. The highest BCUT2D eigenvalue weighted by Crippen LogP contribution is 2.20. The highest BCUT2D eigenvalue weighted by atomic mass is 32.2. The van der Waals surface area contributed by atoms with E-state index >= 15 is 0 Å². The van der Waals surface area contributed by atoms with E-state index in [-0.39, 0.29) is 10.3 Å². The van der Waals surface area contributed by atoms with Crippen molar-refractivity contribution in [2.75, 3.05) is 0 Å². The minimum absolute atomic E-state index is 0.278. The molecule has 2 aromatic rings. The Morgan fingerprint density at radius 3 is 2.95 bits per heavy atom. The van der Waals surface area contributed by atoms with Crippen molar-refractivity contribution in [2.24, 2.45) is 0 Å². The molecule has 9 heteroatoms. The summed E-state index contributed by atoms with van der Waals surface area (Å²) in [4.78, 5) is 14.5. The monoisotopic (exact) mass is 330 g/mol. The van der Waals surface area contributed by atoms with Crippen LogP contribution in [-0.2, 0) is 16.4 Å². The van der Waals surface area contributed by atoms with E-state index in [0.29, 0.717) is 12.8 Å². The maximum absolute atomic E-state index is 12.2. The number of hydrogen-bond acceptors (Lipinski definition) is 6. The van der Waals surface area contributed by atoms with Gasteiger partial charge in [0.2, 0.25) is 0 Å². The van der Waals surface area contributed by atoms with Crippen molar-refractivity contribution in [3.8, 4) is 0 Å². The summed E-state index contributed by atoms with van der Waals surface area (Å²) < 4.78 is 31.7. The molecular formula is C12H14N2O5S2. The zero-order valence-electron chi connectivity index (χ0n) is 11.1.